The van der Waals surface area contributed by atoms with E-state index in [1.54, 1.807) is 17.0 Å². The summed E-state index contributed by atoms with van der Waals surface area (Å²) in [4.78, 5) is 27.1. The lowest BCUT2D eigenvalue weighted by atomic mass is 10.1. The number of benzene rings is 2. The highest BCUT2D eigenvalue weighted by atomic mass is 19.1. The van der Waals surface area contributed by atoms with Gasteiger partial charge in [-0.15, -0.1) is 0 Å². The molecule has 0 aliphatic rings. The molecule has 0 fully saturated rings. The van der Waals surface area contributed by atoms with Crippen LogP contribution in [0.3, 0.4) is 0 Å². The van der Waals surface area contributed by atoms with Crippen molar-refractivity contribution >= 4 is 5.91 Å². The van der Waals surface area contributed by atoms with E-state index in [0.29, 0.717) is 18.8 Å². The summed E-state index contributed by atoms with van der Waals surface area (Å²) in [5.41, 5.74) is 0.734. The van der Waals surface area contributed by atoms with Gasteiger partial charge in [-0.25, -0.2) is 9.07 Å². The van der Waals surface area contributed by atoms with Crippen molar-refractivity contribution in [2.75, 3.05) is 13.2 Å². The molecule has 0 aliphatic carbocycles. The van der Waals surface area contributed by atoms with Gasteiger partial charge in [-0.1, -0.05) is 50.1 Å². The third-order valence-corrected chi connectivity index (χ3v) is 5.01. The molecular formula is C25H28FN3O3. The van der Waals surface area contributed by atoms with Crippen LogP contribution < -0.4 is 10.3 Å². The zero-order valence-electron chi connectivity index (χ0n) is 18.2. The largest absolute Gasteiger partial charge is 0.492 e. The summed E-state index contributed by atoms with van der Waals surface area (Å²) in [6, 6.07) is 18.2. The van der Waals surface area contributed by atoms with Crippen LogP contribution >= 0.6 is 0 Å². The highest BCUT2D eigenvalue weighted by molar-refractivity contribution is 5.92. The number of nitrogens with zero attached hydrogens (tertiary/aromatic N) is 3. The average Bonchev–Trinajstić information content (AvgIpc) is 2.81. The highest BCUT2D eigenvalue weighted by Gasteiger charge is 2.18. The summed E-state index contributed by atoms with van der Waals surface area (Å²) in [5.74, 6) is 0.126. The second-order valence-electron chi connectivity index (χ2n) is 7.50. The Morgan fingerprint density at radius 3 is 2.50 bits per heavy atom. The molecule has 0 atom stereocenters. The van der Waals surface area contributed by atoms with Crippen molar-refractivity contribution in [3.63, 3.8) is 0 Å². The normalized spacial score (nSPS) is 10.7. The van der Waals surface area contributed by atoms with E-state index in [1.165, 1.54) is 28.9 Å². The minimum absolute atomic E-state index is 0.197. The number of aromatic nitrogens is 2. The third kappa shape index (κ3) is 6.77. The molecule has 0 radical (unpaired) electrons. The van der Waals surface area contributed by atoms with Gasteiger partial charge in [-0.2, -0.15) is 5.10 Å². The van der Waals surface area contributed by atoms with Crippen molar-refractivity contribution in [1.29, 1.82) is 0 Å². The second kappa shape index (κ2) is 11.8. The van der Waals surface area contributed by atoms with Gasteiger partial charge >= 0.3 is 0 Å². The van der Waals surface area contributed by atoms with E-state index in [2.05, 4.69) is 12.0 Å². The molecule has 1 heterocycles. The van der Waals surface area contributed by atoms with Gasteiger partial charge in [0.05, 0.1) is 6.54 Å². The van der Waals surface area contributed by atoms with E-state index in [9.17, 15) is 14.0 Å². The molecule has 0 N–H and O–H groups in total. The number of carbonyl (C=O) groups is 1. The number of rotatable bonds is 11. The molecule has 1 amide bonds. The average molecular weight is 438 g/mol. The van der Waals surface area contributed by atoms with E-state index in [0.717, 1.165) is 24.8 Å². The Morgan fingerprint density at radius 2 is 1.78 bits per heavy atom. The second-order valence-corrected chi connectivity index (χ2v) is 7.50. The maximum atomic E-state index is 13.3. The van der Waals surface area contributed by atoms with Gasteiger partial charge in [-0.3, -0.25) is 9.59 Å². The Hall–Kier alpha value is -3.48. The van der Waals surface area contributed by atoms with Gasteiger partial charge in [-0.05, 0) is 42.3 Å². The number of para-hydroxylation sites is 1. The van der Waals surface area contributed by atoms with Crippen molar-refractivity contribution in [3.8, 4) is 5.75 Å². The first-order chi connectivity index (χ1) is 15.6. The van der Waals surface area contributed by atoms with Crippen LogP contribution in [0.2, 0.25) is 0 Å². The Labute approximate surface area is 187 Å². The summed E-state index contributed by atoms with van der Waals surface area (Å²) in [6.45, 7) is 3.48. The van der Waals surface area contributed by atoms with E-state index in [-0.39, 0.29) is 36.1 Å². The van der Waals surface area contributed by atoms with Crippen LogP contribution in [-0.2, 0) is 13.1 Å². The van der Waals surface area contributed by atoms with Gasteiger partial charge < -0.3 is 9.64 Å². The topological polar surface area (TPSA) is 64.4 Å². The fourth-order valence-corrected chi connectivity index (χ4v) is 3.27. The summed E-state index contributed by atoms with van der Waals surface area (Å²) in [7, 11) is 0. The number of halogens is 1. The molecular weight excluding hydrogens is 409 g/mol. The summed E-state index contributed by atoms with van der Waals surface area (Å²) in [6.07, 6.45) is 2.88. The molecule has 3 rings (SSSR count). The Morgan fingerprint density at radius 1 is 1.03 bits per heavy atom. The van der Waals surface area contributed by atoms with Gasteiger partial charge in [0.25, 0.3) is 11.5 Å². The predicted molar refractivity (Wildman–Crippen MR) is 121 cm³/mol. The smallest absolute Gasteiger partial charge is 0.274 e. The van der Waals surface area contributed by atoms with Crippen LogP contribution in [0, 0.1) is 5.82 Å². The number of unbranched alkanes of at least 4 members (excludes halogenated alkanes) is 2. The molecule has 0 bridgehead atoms. The van der Waals surface area contributed by atoms with Crippen LogP contribution in [0.4, 0.5) is 4.39 Å². The standard InChI is InChI=1S/C25H28FN3O3/c1-2-3-7-16-28(19-20-10-12-21(26)13-11-20)25(31)23-14-15-24(30)29(27-23)17-18-32-22-8-5-4-6-9-22/h4-6,8-15H,2-3,7,16-19H2,1H3. The van der Waals surface area contributed by atoms with E-state index in [4.69, 9.17) is 4.74 Å². The molecule has 168 valence electrons. The lowest BCUT2D eigenvalue weighted by molar-refractivity contribution is 0.0730. The molecule has 3 aromatic rings. The van der Waals surface area contributed by atoms with E-state index >= 15 is 0 Å². The number of hydrogen-bond acceptors (Lipinski definition) is 4. The first-order valence-electron chi connectivity index (χ1n) is 10.9. The van der Waals surface area contributed by atoms with Crippen LogP contribution in [-0.4, -0.2) is 33.7 Å². The summed E-state index contributed by atoms with van der Waals surface area (Å²) < 4.78 is 20.1. The third-order valence-electron chi connectivity index (χ3n) is 5.01. The molecule has 0 aliphatic heterocycles. The predicted octanol–water partition coefficient (Wildman–Crippen LogP) is 4.29. The van der Waals surface area contributed by atoms with Crippen molar-refractivity contribution < 1.29 is 13.9 Å². The Balaban J connectivity index is 1.71. The zero-order chi connectivity index (χ0) is 22.8. The first-order valence-corrected chi connectivity index (χ1v) is 10.9. The SMILES string of the molecule is CCCCCN(Cc1ccc(F)cc1)C(=O)c1ccc(=O)n(CCOc2ccccc2)n1. The fraction of sp³-hybridized carbons (Fsp3) is 0.320. The zero-order valence-corrected chi connectivity index (χ0v) is 18.2. The summed E-state index contributed by atoms with van der Waals surface area (Å²) in [5, 5.41) is 4.28. The molecule has 0 spiro atoms. The molecule has 0 saturated heterocycles. The molecule has 0 unspecified atom stereocenters. The minimum atomic E-state index is -0.316. The van der Waals surface area contributed by atoms with Crippen molar-refractivity contribution in [1.82, 2.24) is 14.7 Å². The van der Waals surface area contributed by atoms with Crippen LogP contribution in [0.25, 0.3) is 0 Å². The molecule has 1 aromatic heterocycles. The fourth-order valence-electron chi connectivity index (χ4n) is 3.27. The number of carbonyl (C=O) groups excluding carboxylic acids is 1. The van der Waals surface area contributed by atoms with Gasteiger partial charge in [0.1, 0.15) is 23.9 Å². The first kappa shape index (κ1) is 23.2. The molecule has 7 heteroatoms. The minimum Gasteiger partial charge on any atom is -0.492 e. The van der Waals surface area contributed by atoms with Gasteiger partial charge in [0.2, 0.25) is 0 Å². The molecule has 0 saturated carbocycles. The van der Waals surface area contributed by atoms with E-state index < -0.39 is 0 Å². The Bertz CT molecular complexity index is 1050. The lowest BCUT2D eigenvalue weighted by Crippen LogP contribution is -2.34. The van der Waals surface area contributed by atoms with Crippen molar-refractivity contribution in [3.05, 3.63) is 94.2 Å². The Kier molecular flexibility index (Phi) is 8.54. The van der Waals surface area contributed by atoms with Crippen molar-refractivity contribution in [2.45, 2.75) is 39.3 Å². The van der Waals surface area contributed by atoms with E-state index in [1.807, 2.05) is 30.3 Å². The quantitative estimate of drug-likeness (QED) is 0.420. The lowest BCUT2D eigenvalue weighted by Gasteiger charge is -2.23. The number of hydrogen-bond donors (Lipinski definition) is 0. The number of ether oxygens (including phenoxy) is 1. The monoisotopic (exact) mass is 437 g/mol. The molecule has 6 nitrogen and oxygen atoms in total. The van der Waals surface area contributed by atoms with Crippen LogP contribution in [0.15, 0.2) is 71.5 Å². The van der Waals surface area contributed by atoms with Gasteiger partial charge in [0, 0.05) is 19.2 Å². The maximum Gasteiger partial charge on any atom is 0.274 e. The summed E-state index contributed by atoms with van der Waals surface area (Å²) >= 11 is 0. The maximum absolute atomic E-state index is 13.3. The van der Waals surface area contributed by atoms with Crippen LogP contribution in [0.1, 0.15) is 42.2 Å². The molecule has 32 heavy (non-hydrogen) atoms. The molecule has 2 aromatic carbocycles. The van der Waals surface area contributed by atoms with Gasteiger partial charge in [0.15, 0.2) is 0 Å². The van der Waals surface area contributed by atoms with Crippen molar-refractivity contribution in [2.24, 2.45) is 0 Å². The highest BCUT2D eigenvalue weighted by Crippen LogP contribution is 2.12. The van der Waals surface area contributed by atoms with Crippen LogP contribution in [0.5, 0.6) is 5.75 Å². The number of amides is 1.